The summed E-state index contributed by atoms with van der Waals surface area (Å²) in [5.74, 6) is 0.0280. The molecule has 1 N–H and O–H groups in total. The third-order valence-electron chi connectivity index (χ3n) is 7.09. The molecule has 0 radical (unpaired) electrons. The number of nitrogens with zero attached hydrogens (tertiary/aromatic N) is 1. The first-order valence-corrected chi connectivity index (χ1v) is 10.7. The Morgan fingerprint density at radius 3 is 2.86 bits per heavy atom. The van der Waals surface area contributed by atoms with E-state index in [1.165, 1.54) is 36.0 Å². The highest BCUT2D eigenvalue weighted by atomic mass is 19.1. The summed E-state index contributed by atoms with van der Waals surface area (Å²) in [6, 6.07) is 7.11. The quantitative estimate of drug-likeness (QED) is 0.737. The Bertz CT molecular complexity index is 884. The predicted molar refractivity (Wildman–Crippen MR) is 114 cm³/mol. The topological polar surface area (TPSA) is 15.3 Å². The average Bonchev–Trinajstić information content (AvgIpc) is 3.38. The van der Waals surface area contributed by atoms with Gasteiger partial charge in [0, 0.05) is 42.5 Å². The number of aryl methyl sites for hydroxylation is 1. The largest absolute Gasteiger partial charge is 0.382 e. The van der Waals surface area contributed by atoms with Crippen LogP contribution in [0.25, 0.3) is 11.8 Å². The lowest BCUT2D eigenvalue weighted by Gasteiger charge is -2.36. The summed E-state index contributed by atoms with van der Waals surface area (Å²) in [5.41, 5.74) is 6.59. The Morgan fingerprint density at radius 1 is 1.18 bits per heavy atom. The van der Waals surface area contributed by atoms with Crippen LogP contribution >= 0.6 is 0 Å². The van der Waals surface area contributed by atoms with E-state index in [-0.39, 0.29) is 5.83 Å². The minimum Gasteiger partial charge on any atom is -0.382 e. The molecule has 1 unspecified atom stereocenters. The number of nitrogens with one attached hydrogen (secondary N) is 1. The molecule has 1 aromatic rings. The van der Waals surface area contributed by atoms with Gasteiger partial charge in [-0.15, -0.1) is 0 Å². The van der Waals surface area contributed by atoms with Crippen LogP contribution in [0.4, 0.5) is 4.39 Å². The summed E-state index contributed by atoms with van der Waals surface area (Å²) in [5, 5.41) is 3.75. The highest BCUT2D eigenvalue weighted by molar-refractivity contribution is 5.75. The van der Waals surface area contributed by atoms with Gasteiger partial charge in [-0.2, -0.15) is 0 Å². The molecule has 28 heavy (non-hydrogen) atoms. The van der Waals surface area contributed by atoms with Crippen molar-refractivity contribution >= 4 is 11.8 Å². The lowest BCUT2D eigenvalue weighted by atomic mass is 9.90. The van der Waals surface area contributed by atoms with Crippen LogP contribution in [-0.4, -0.2) is 24.0 Å². The maximum absolute atomic E-state index is 13.6. The molecule has 1 saturated heterocycles. The van der Waals surface area contributed by atoms with E-state index in [0.29, 0.717) is 17.9 Å². The zero-order chi connectivity index (χ0) is 19.1. The Kier molecular flexibility index (Phi) is 4.41. The Morgan fingerprint density at radius 2 is 2.04 bits per heavy atom. The maximum atomic E-state index is 13.6. The number of likely N-dealkylation sites (tertiary alicyclic amines) is 1. The molecule has 1 aliphatic heterocycles. The lowest BCUT2D eigenvalue weighted by molar-refractivity contribution is 0.208. The number of benzene rings is 1. The maximum Gasteiger partial charge on any atom is 0.102 e. The number of hydrogen-bond acceptors (Lipinski definition) is 2. The van der Waals surface area contributed by atoms with Gasteiger partial charge in [-0.1, -0.05) is 43.0 Å². The van der Waals surface area contributed by atoms with Gasteiger partial charge in [0.25, 0.3) is 0 Å². The van der Waals surface area contributed by atoms with E-state index in [9.17, 15) is 4.39 Å². The van der Waals surface area contributed by atoms with E-state index < -0.39 is 0 Å². The van der Waals surface area contributed by atoms with E-state index in [2.05, 4.69) is 53.2 Å². The molecule has 2 nitrogen and oxygen atoms in total. The first-order valence-electron chi connectivity index (χ1n) is 10.7. The molecule has 1 heterocycles. The smallest absolute Gasteiger partial charge is 0.102 e. The van der Waals surface area contributed by atoms with E-state index in [1.54, 1.807) is 6.08 Å². The van der Waals surface area contributed by atoms with E-state index in [0.717, 1.165) is 43.7 Å². The van der Waals surface area contributed by atoms with E-state index >= 15 is 0 Å². The fraction of sp³-hybridized carbons (Fsp3) is 0.440. The van der Waals surface area contributed by atoms with Gasteiger partial charge in [0.2, 0.25) is 0 Å². The molecule has 5 rings (SSSR count). The molecular formula is C25H29FN2. The van der Waals surface area contributed by atoms with Crippen molar-refractivity contribution in [2.24, 2.45) is 5.41 Å². The van der Waals surface area contributed by atoms with Crippen molar-refractivity contribution < 1.29 is 4.39 Å². The van der Waals surface area contributed by atoms with Crippen molar-refractivity contribution in [1.29, 1.82) is 0 Å². The second-order valence-corrected chi connectivity index (χ2v) is 8.81. The fourth-order valence-electron chi connectivity index (χ4n) is 5.20. The lowest BCUT2D eigenvalue weighted by Crippen LogP contribution is -2.36. The number of fused-ring (bicyclic) bond motifs is 1. The molecule has 0 amide bonds. The SMILES string of the molecule is C=C(NC1CC12CCN(C1=CCCC(F)=C1)CC2)c1cccc2c1C=CCC2. The summed E-state index contributed by atoms with van der Waals surface area (Å²) in [6.45, 7) is 6.44. The molecule has 4 aliphatic rings. The minimum atomic E-state index is 0.0280. The van der Waals surface area contributed by atoms with Gasteiger partial charge < -0.3 is 10.2 Å². The number of hydrogen-bond donors (Lipinski definition) is 1. The molecule has 3 heteroatoms. The van der Waals surface area contributed by atoms with Crippen LogP contribution in [0.5, 0.6) is 0 Å². The van der Waals surface area contributed by atoms with Gasteiger partial charge in [0.15, 0.2) is 0 Å². The van der Waals surface area contributed by atoms with Gasteiger partial charge in [-0.05, 0) is 61.1 Å². The first-order chi connectivity index (χ1) is 13.6. The van der Waals surface area contributed by atoms with Crippen molar-refractivity contribution in [3.63, 3.8) is 0 Å². The summed E-state index contributed by atoms with van der Waals surface area (Å²) in [7, 11) is 0. The zero-order valence-corrected chi connectivity index (χ0v) is 16.5. The van der Waals surface area contributed by atoms with Crippen molar-refractivity contribution in [3.05, 3.63) is 71.2 Å². The molecule has 1 saturated carbocycles. The molecule has 1 spiro atoms. The van der Waals surface area contributed by atoms with Crippen molar-refractivity contribution in [3.8, 4) is 0 Å². The Labute approximate surface area is 167 Å². The third kappa shape index (κ3) is 3.21. The van der Waals surface area contributed by atoms with Crippen molar-refractivity contribution in [1.82, 2.24) is 10.2 Å². The predicted octanol–water partition coefficient (Wildman–Crippen LogP) is 5.59. The van der Waals surface area contributed by atoms with Crippen LogP contribution in [0, 0.1) is 5.41 Å². The van der Waals surface area contributed by atoms with E-state index in [1.807, 2.05) is 0 Å². The Balaban J connectivity index is 1.21. The highest BCUT2D eigenvalue weighted by Crippen LogP contribution is 2.55. The summed E-state index contributed by atoms with van der Waals surface area (Å²) >= 11 is 0. The van der Waals surface area contributed by atoms with Gasteiger partial charge in [-0.3, -0.25) is 0 Å². The molecular weight excluding hydrogens is 347 g/mol. The first kappa shape index (κ1) is 17.8. The van der Waals surface area contributed by atoms with Crippen LogP contribution in [0.3, 0.4) is 0 Å². The van der Waals surface area contributed by atoms with E-state index in [4.69, 9.17) is 0 Å². The molecule has 3 aliphatic carbocycles. The number of halogens is 1. The van der Waals surface area contributed by atoms with Crippen LogP contribution in [-0.2, 0) is 6.42 Å². The monoisotopic (exact) mass is 376 g/mol. The van der Waals surface area contributed by atoms with Crippen molar-refractivity contribution in [2.75, 3.05) is 13.1 Å². The fourth-order valence-corrected chi connectivity index (χ4v) is 5.20. The summed E-state index contributed by atoms with van der Waals surface area (Å²) in [4.78, 5) is 2.37. The van der Waals surface area contributed by atoms with Gasteiger partial charge in [0.1, 0.15) is 5.83 Å². The summed E-state index contributed by atoms with van der Waals surface area (Å²) < 4.78 is 13.6. The third-order valence-corrected chi connectivity index (χ3v) is 7.09. The van der Waals surface area contributed by atoms with Gasteiger partial charge in [0.05, 0.1) is 0 Å². The number of piperidine rings is 1. The molecule has 0 aromatic heterocycles. The zero-order valence-electron chi connectivity index (χ0n) is 16.5. The Hall–Kier alpha value is -2.29. The standard InChI is InChI=1S/C25H29FN2/c1-18(22-11-4-7-19-6-2-3-10-23(19)22)27-24-17-25(24)12-14-28(15-13-25)21-9-5-8-20(26)16-21/h3-4,7,9-11,16,24,27H,1-2,5-6,8,12-15,17H2. The summed E-state index contributed by atoms with van der Waals surface area (Å²) in [6.07, 6.45) is 15.7. The number of allylic oxidation sites excluding steroid dienone is 4. The van der Waals surface area contributed by atoms with Crippen LogP contribution in [0.2, 0.25) is 0 Å². The molecule has 1 atom stereocenters. The normalized spacial score (nSPS) is 25.0. The molecule has 0 bridgehead atoms. The average molecular weight is 377 g/mol. The molecule has 2 fully saturated rings. The van der Waals surface area contributed by atoms with Crippen LogP contribution in [0.15, 0.2) is 54.5 Å². The van der Waals surface area contributed by atoms with Crippen LogP contribution in [0.1, 0.15) is 55.2 Å². The molecule has 146 valence electrons. The second kappa shape index (κ2) is 6.95. The highest BCUT2D eigenvalue weighted by Gasteiger charge is 2.55. The minimum absolute atomic E-state index is 0.0280. The molecule has 1 aromatic carbocycles. The number of rotatable bonds is 4. The van der Waals surface area contributed by atoms with Gasteiger partial charge in [-0.25, -0.2) is 4.39 Å². The van der Waals surface area contributed by atoms with Crippen molar-refractivity contribution in [2.45, 2.75) is 51.0 Å². The second-order valence-electron chi connectivity index (χ2n) is 8.81. The van der Waals surface area contributed by atoms with Crippen LogP contribution < -0.4 is 5.32 Å². The van der Waals surface area contributed by atoms with Gasteiger partial charge >= 0.3 is 0 Å².